The molecule has 1 saturated heterocycles. The summed E-state index contributed by atoms with van der Waals surface area (Å²) >= 11 is 0. The van der Waals surface area contributed by atoms with E-state index in [0.29, 0.717) is 22.6 Å². The third-order valence-corrected chi connectivity index (χ3v) is 7.21. The molecule has 0 atom stereocenters. The number of ketones is 1. The number of hydrogen-bond donors (Lipinski definition) is 0. The van der Waals surface area contributed by atoms with E-state index in [0.717, 1.165) is 55.8 Å². The van der Waals surface area contributed by atoms with Gasteiger partial charge in [0, 0.05) is 62.3 Å². The van der Waals surface area contributed by atoms with Crippen molar-refractivity contribution in [1.29, 1.82) is 0 Å². The van der Waals surface area contributed by atoms with Crippen LogP contribution in [0.4, 0.5) is 18.9 Å². The molecule has 9 nitrogen and oxygen atoms in total. The maximum atomic E-state index is 13.1. The fraction of sp³-hybridized carbons (Fsp3) is 0.379. The number of halogens is 3. The molecule has 0 unspecified atom stereocenters. The van der Waals surface area contributed by atoms with Crippen molar-refractivity contribution >= 4 is 11.5 Å². The number of Topliss-reactive ketones (excluding diaryl/α,β-unsaturated/α-hetero) is 1. The standard InChI is InChI=1S/C29H31F3N8O/c1-19-26(11-20(15-35-19)12-27(41)24-14-22(5-6-34-24)29(30,31)32)40-18-25(36-37-40)21-13-23(17-33-16-21)38-7-9-39(10-8-38)28(2,3)4/h5-6,11,13-18H,7-10,12H2,1-4H3. The molecule has 0 bridgehead atoms. The number of aryl methyl sites for hydroxylation is 1. The molecule has 214 valence electrons. The number of carbonyl (C=O) groups is 1. The zero-order chi connectivity index (χ0) is 29.4. The van der Waals surface area contributed by atoms with Crippen LogP contribution in [0.15, 0.2) is 55.2 Å². The summed E-state index contributed by atoms with van der Waals surface area (Å²) in [4.78, 5) is 30.2. The average Bonchev–Trinajstić information content (AvgIpc) is 3.44. The lowest BCUT2D eigenvalue weighted by Gasteiger charge is -2.43. The third kappa shape index (κ3) is 6.43. The smallest absolute Gasteiger partial charge is 0.368 e. The highest BCUT2D eigenvalue weighted by atomic mass is 19.4. The van der Waals surface area contributed by atoms with Gasteiger partial charge in [0.1, 0.15) is 11.4 Å². The van der Waals surface area contributed by atoms with E-state index < -0.39 is 17.5 Å². The monoisotopic (exact) mass is 564 g/mol. The van der Waals surface area contributed by atoms with Crippen LogP contribution in [0.5, 0.6) is 0 Å². The van der Waals surface area contributed by atoms with Gasteiger partial charge in [-0.3, -0.25) is 24.6 Å². The van der Waals surface area contributed by atoms with Crippen LogP contribution in [-0.4, -0.2) is 72.3 Å². The van der Waals surface area contributed by atoms with Gasteiger partial charge in [0.05, 0.1) is 35.0 Å². The second-order valence-corrected chi connectivity index (χ2v) is 11.1. The summed E-state index contributed by atoms with van der Waals surface area (Å²) in [5.74, 6) is -0.543. The quantitative estimate of drug-likeness (QED) is 0.309. The summed E-state index contributed by atoms with van der Waals surface area (Å²) in [6.45, 7) is 12.2. The zero-order valence-electron chi connectivity index (χ0n) is 23.4. The first kappa shape index (κ1) is 28.3. The normalized spacial score (nSPS) is 14.9. The number of alkyl halides is 3. The van der Waals surface area contributed by atoms with E-state index in [9.17, 15) is 18.0 Å². The molecule has 1 aliphatic heterocycles. The number of pyridine rings is 3. The molecule has 41 heavy (non-hydrogen) atoms. The van der Waals surface area contributed by atoms with Crippen molar-refractivity contribution in [3.63, 3.8) is 0 Å². The van der Waals surface area contributed by atoms with Gasteiger partial charge in [-0.2, -0.15) is 13.2 Å². The highest BCUT2D eigenvalue weighted by Gasteiger charge is 2.31. The molecule has 0 N–H and O–H groups in total. The van der Waals surface area contributed by atoms with Gasteiger partial charge in [0.2, 0.25) is 0 Å². The van der Waals surface area contributed by atoms with E-state index in [4.69, 9.17) is 0 Å². The topological polar surface area (TPSA) is 92.9 Å². The van der Waals surface area contributed by atoms with Gasteiger partial charge < -0.3 is 4.90 Å². The first-order valence-corrected chi connectivity index (χ1v) is 13.3. The van der Waals surface area contributed by atoms with Crippen LogP contribution in [0.25, 0.3) is 16.9 Å². The lowest BCUT2D eigenvalue weighted by molar-refractivity contribution is -0.137. The van der Waals surface area contributed by atoms with Gasteiger partial charge in [-0.1, -0.05) is 5.21 Å². The minimum absolute atomic E-state index is 0.136. The molecule has 4 aromatic rings. The number of piperazine rings is 1. The van der Waals surface area contributed by atoms with Crippen molar-refractivity contribution in [2.75, 3.05) is 31.1 Å². The molecule has 0 aromatic carbocycles. The Morgan fingerprint density at radius 1 is 0.976 bits per heavy atom. The number of hydrogen-bond acceptors (Lipinski definition) is 8. The van der Waals surface area contributed by atoms with Crippen molar-refractivity contribution < 1.29 is 18.0 Å². The van der Waals surface area contributed by atoms with Gasteiger partial charge in [0.15, 0.2) is 5.78 Å². The first-order chi connectivity index (χ1) is 19.4. The summed E-state index contributed by atoms with van der Waals surface area (Å²) in [5, 5.41) is 8.62. The average molecular weight is 565 g/mol. The highest BCUT2D eigenvalue weighted by molar-refractivity contribution is 5.95. The Labute approximate surface area is 236 Å². The Morgan fingerprint density at radius 3 is 2.44 bits per heavy atom. The second kappa shape index (κ2) is 11.0. The Kier molecular flexibility index (Phi) is 7.60. The molecule has 0 saturated carbocycles. The summed E-state index contributed by atoms with van der Waals surface area (Å²) in [6, 6.07) is 5.39. The minimum atomic E-state index is -4.56. The number of nitrogens with zero attached hydrogens (tertiary/aromatic N) is 8. The molecule has 5 rings (SSSR count). The number of carbonyl (C=O) groups excluding carboxylic acids is 1. The molecule has 4 aromatic heterocycles. The van der Waals surface area contributed by atoms with Crippen LogP contribution in [0.3, 0.4) is 0 Å². The zero-order valence-corrected chi connectivity index (χ0v) is 23.4. The van der Waals surface area contributed by atoms with Gasteiger partial charge in [-0.15, -0.1) is 5.10 Å². The van der Waals surface area contributed by atoms with Crippen LogP contribution in [0.1, 0.15) is 48.1 Å². The predicted molar refractivity (Wildman–Crippen MR) is 148 cm³/mol. The maximum absolute atomic E-state index is 13.1. The number of anilines is 1. The molecule has 5 heterocycles. The lowest BCUT2D eigenvalue weighted by Crippen LogP contribution is -2.53. The molecule has 0 radical (unpaired) electrons. The van der Waals surface area contributed by atoms with Gasteiger partial charge >= 0.3 is 6.18 Å². The van der Waals surface area contributed by atoms with Crippen LogP contribution in [0, 0.1) is 6.92 Å². The third-order valence-electron chi connectivity index (χ3n) is 7.21. The van der Waals surface area contributed by atoms with Crippen molar-refractivity contribution in [2.45, 2.75) is 45.8 Å². The summed E-state index contributed by atoms with van der Waals surface area (Å²) in [7, 11) is 0. The summed E-state index contributed by atoms with van der Waals surface area (Å²) in [5.41, 5.74) is 3.21. The molecule has 0 spiro atoms. The fourth-order valence-electron chi connectivity index (χ4n) is 4.82. The van der Waals surface area contributed by atoms with Crippen molar-refractivity contribution in [3.8, 4) is 16.9 Å². The highest BCUT2D eigenvalue weighted by Crippen LogP contribution is 2.29. The molecule has 0 amide bonds. The largest absolute Gasteiger partial charge is 0.416 e. The van der Waals surface area contributed by atoms with Crippen LogP contribution < -0.4 is 4.90 Å². The van der Waals surface area contributed by atoms with E-state index >= 15 is 0 Å². The van der Waals surface area contributed by atoms with Crippen molar-refractivity contribution in [3.05, 3.63) is 77.8 Å². The Morgan fingerprint density at radius 2 is 1.73 bits per heavy atom. The van der Waals surface area contributed by atoms with E-state index in [1.165, 1.54) is 6.20 Å². The molecular weight excluding hydrogens is 533 g/mol. The summed E-state index contributed by atoms with van der Waals surface area (Å²) < 4.78 is 40.8. The summed E-state index contributed by atoms with van der Waals surface area (Å²) in [6.07, 6.45) is 3.15. The molecule has 0 aliphatic carbocycles. The molecular formula is C29H31F3N8O. The van der Waals surface area contributed by atoms with E-state index in [-0.39, 0.29) is 17.7 Å². The van der Waals surface area contributed by atoms with Gasteiger partial charge in [-0.05, 0) is 57.5 Å². The first-order valence-electron chi connectivity index (χ1n) is 13.3. The van der Waals surface area contributed by atoms with Crippen LogP contribution in [0.2, 0.25) is 0 Å². The van der Waals surface area contributed by atoms with Crippen LogP contribution in [-0.2, 0) is 12.6 Å². The maximum Gasteiger partial charge on any atom is 0.416 e. The Balaban J connectivity index is 1.32. The second-order valence-electron chi connectivity index (χ2n) is 11.1. The minimum Gasteiger partial charge on any atom is -0.368 e. The van der Waals surface area contributed by atoms with Gasteiger partial charge in [0.25, 0.3) is 0 Å². The fourth-order valence-corrected chi connectivity index (χ4v) is 4.82. The van der Waals surface area contributed by atoms with Gasteiger partial charge in [-0.25, -0.2) is 4.68 Å². The SMILES string of the molecule is Cc1ncc(CC(=O)c2cc(C(F)(F)F)ccn2)cc1-n1cc(-c2cncc(N3CCN(C(C)(C)C)CC3)c2)nn1. The number of aromatic nitrogens is 6. The molecule has 12 heteroatoms. The van der Waals surface area contributed by atoms with Crippen molar-refractivity contribution in [1.82, 2.24) is 34.8 Å². The molecule has 1 fully saturated rings. The molecule has 1 aliphatic rings. The lowest BCUT2D eigenvalue weighted by atomic mass is 10.0. The van der Waals surface area contributed by atoms with E-state index in [2.05, 4.69) is 61.9 Å². The van der Waals surface area contributed by atoms with E-state index in [1.54, 1.807) is 30.1 Å². The Hall–Kier alpha value is -4.19. The Bertz CT molecular complexity index is 1550. The van der Waals surface area contributed by atoms with Crippen molar-refractivity contribution in [2.24, 2.45) is 0 Å². The van der Waals surface area contributed by atoms with E-state index in [1.807, 2.05) is 6.20 Å². The number of rotatable bonds is 6. The predicted octanol–water partition coefficient (Wildman–Crippen LogP) is 4.79. The van der Waals surface area contributed by atoms with Crippen LogP contribution >= 0.6 is 0 Å².